The first-order valence-corrected chi connectivity index (χ1v) is 7.60. The molecule has 4 heteroatoms. The Bertz CT molecular complexity index is 601. The number of aromatic amines is 1. The fraction of sp³-hybridized carbons (Fsp3) is 0.562. The van der Waals surface area contributed by atoms with Crippen molar-refractivity contribution >= 4 is 11.0 Å². The molecule has 2 saturated heterocycles. The Morgan fingerprint density at radius 1 is 1.35 bits per heavy atom. The maximum Gasteiger partial charge on any atom is 0.137 e. The van der Waals surface area contributed by atoms with E-state index in [4.69, 9.17) is 4.74 Å². The molecular formula is C16H21N3O. The molecule has 2 fully saturated rings. The quantitative estimate of drug-likeness (QED) is 0.881. The molecule has 0 aliphatic carbocycles. The van der Waals surface area contributed by atoms with Gasteiger partial charge in [-0.25, -0.2) is 4.98 Å². The first-order valence-electron chi connectivity index (χ1n) is 7.60. The smallest absolute Gasteiger partial charge is 0.137 e. The van der Waals surface area contributed by atoms with Gasteiger partial charge < -0.3 is 15.0 Å². The van der Waals surface area contributed by atoms with Crippen molar-refractivity contribution in [2.24, 2.45) is 5.92 Å². The van der Waals surface area contributed by atoms with Gasteiger partial charge in [-0.05, 0) is 62.4 Å². The minimum absolute atomic E-state index is 0.168. The molecule has 2 aromatic heterocycles. The lowest BCUT2D eigenvalue weighted by Crippen LogP contribution is -2.41. The highest BCUT2D eigenvalue weighted by molar-refractivity contribution is 5.75. The van der Waals surface area contributed by atoms with E-state index in [9.17, 15) is 0 Å². The molecule has 0 saturated carbocycles. The van der Waals surface area contributed by atoms with Gasteiger partial charge in [0.15, 0.2) is 0 Å². The van der Waals surface area contributed by atoms with Crippen LogP contribution in [0.1, 0.15) is 24.8 Å². The van der Waals surface area contributed by atoms with Gasteiger partial charge in [0.25, 0.3) is 0 Å². The fourth-order valence-electron chi connectivity index (χ4n) is 3.73. The third-order valence-electron chi connectivity index (χ3n) is 4.78. The van der Waals surface area contributed by atoms with Crippen LogP contribution in [0.3, 0.4) is 0 Å². The third kappa shape index (κ3) is 2.23. The number of pyridine rings is 1. The zero-order valence-electron chi connectivity index (χ0n) is 11.7. The van der Waals surface area contributed by atoms with Crippen molar-refractivity contribution in [3.63, 3.8) is 0 Å². The zero-order valence-corrected chi connectivity index (χ0v) is 11.7. The highest BCUT2D eigenvalue weighted by Crippen LogP contribution is 2.38. The van der Waals surface area contributed by atoms with Crippen LogP contribution < -0.4 is 5.32 Å². The number of hydrogen-bond donors (Lipinski definition) is 2. The molecule has 2 aliphatic heterocycles. The molecule has 2 aliphatic rings. The number of rotatable bonds is 2. The van der Waals surface area contributed by atoms with E-state index in [-0.39, 0.29) is 5.60 Å². The summed E-state index contributed by atoms with van der Waals surface area (Å²) in [5.74, 6) is 0.645. The summed E-state index contributed by atoms with van der Waals surface area (Å²) in [5.41, 5.74) is 2.48. The van der Waals surface area contributed by atoms with E-state index in [0.29, 0.717) is 5.92 Å². The lowest BCUT2D eigenvalue weighted by Gasteiger charge is -2.33. The van der Waals surface area contributed by atoms with Crippen LogP contribution in [-0.2, 0) is 11.2 Å². The third-order valence-corrected chi connectivity index (χ3v) is 4.78. The average molecular weight is 271 g/mol. The van der Waals surface area contributed by atoms with Crippen molar-refractivity contribution in [1.29, 1.82) is 0 Å². The molecule has 4 heterocycles. The summed E-state index contributed by atoms with van der Waals surface area (Å²) in [6.07, 6.45) is 8.58. The topological polar surface area (TPSA) is 49.9 Å². The van der Waals surface area contributed by atoms with Gasteiger partial charge >= 0.3 is 0 Å². The van der Waals surface area contributed by atoms with Crippen LogP contribution in [0.2, 0.25) is 0 Å². The number of aromatic nitrogens is 2. The van der Waals surface area contributed by atoms with Gasteiger partial charge in [-0.15, -0.1) is 0 Å². The van der Waals surface area contributed by atoms with Crippen LogP contribution in [0, 0.1) is 5.92 Å². The molecule has 4 nitrogen and oxygen atoms in total. The zero-order chi connectivity index (χ0) is 13.4. The number of nitrogens with zero attached hydrogens (tertiary/aromatic N) is 1. The maximum absolute atomic E-state index is 6.17. The fourth-order valence-corrected chi connectivity index (χ4v) is 3.73. The Kier molecular flexibility index (Phi) is 3.00. The highest BCUT2D eigenvalue weighted by atomic mass is 16.5. The van der Waals surface area contributed by atoms with Gasteiger partial charge in [0, 0.05) is 17.8 Å². The first kappa shape index (κ1) is 12.4. The molecule has 2 aromatic rings. The van der Waals surface area contributed by atoms with E-state index in [1.165, 1.54) is 30.2 Å². The summed E-state index contributed by atoms with van der Waals surface area (Å²) in [7, 11) is 0. The minimum atomic E-state index is 0.168. The van der Waals surface area contributed by atoms with E-state index in [0.717, 1.165) is 31.8 Å². The normalized spacial score (nSPS) is 25.5. The highest BCUT2D eigenvalue weighted by Gasteiger charge is 2.40. The van der Waals surface area contributed by atoms with Crippen LogP contribution in [0.4, 0.5) is 0 Å². The molecule has 1 spiro atoms. The summed E-state index contributed by atoms with van der Waals surface area (Å²) in [6.45, 7) is 3.11. The van der Waals surface area contributed by atoms with Crippen molar-refractivity contribution in [3.8, 4) is 0 Å². The van der Waals surface area contributed by atoms with E-state index in [1.807, 2.05) is 12.4 Å². The summed E-state index contributed by atoms with van der Waals surface area (Å²) in [5, 5.41) is 4.63. The number of H-pyrrole nitrogens is 1. The van der Waals surface area contributed by atoms with Gasteiger partial charge in [0.2, 0.25) is 0 Å². The van der Waals surface area contributed by atoms with E-state index in [2.05, 4.69) is 27.4 Å². The van der Waals surface area contributed by atoms with Gasteiger partial charge in [-0.1, -0.05) is 0 Å². The number of piperidine rings is 1. The second-order valence-corrected chi connectivity index (χ2v) is 6.28. The van der Waals surface area contributed by atoms with Crippen molar-refractivity contribution in [3.05, 3.63) is 30.1 Å². The summed E-state index contributed by atoms with van der Waals surface area (Å²) in [6, 6.07) is 4.34. The number of ether oxygens (including phenoxy) is 1. The summed E-state index contributed by atoms with van der Waals surface area (Å²) >= 11 is 0. The van der Waals surface area contributed by atoms with Crippen molar-refractivity contribution in [2.75, 3.05) is 19.7 Å². The molecule has 0 bridgehead atoms. The number of fused-ring (bicyclic) bond motifs is 1. The Morgan fingerprint density at radius 3 is 3.15 bits per heavy atom. The van der Waals surface area contributed by atoms with Gasteiger partial charge in [-0.2, -0.15) is 0 Å². The summed E-state index contributed by atoms with van der Waals surface area (Å²) < 4.78 is 6.17. The predicted molar refractivity (Wildman–Crippen MR) is 78.7 cm³/mol. The molecule has 20 heavy (non-hydrogen) atoms. The van der Waals surface area contributed by atoms with Crippen LogP contribution in [0.15, 0.2) is 24.5 Å². The Labute approximate surface area is 118 Å². The first-order chi connectivity index (χ1) is 9.83. The predicted octanol–water partition coefficient (Wildman–Crippen LogP) is 2.26. The van der Waals surface area contributed by atoms with Crippen LogP contribution in [-0.4, -0.2) is 35.3 Å². The van der Waals surface area contributed by atoms with E-state index < -0.39 is 0 Å². The molecule has 0 unspecified atom stereocenters. The Hall–Kier alpha value is -1.39. The van der Waals surface area contributed by atoms with Crippen molar-refractivity contribution < 1.29 is 4.74 Å². The van der Waals surface area contributed by atoms with Gasteiger partial charge in [0.1, 0.15) is 5.65 Å². The summed E-state index contributed by atoms with van der Waals surface area (Å²) in [4.78, 5) is 7.63. The second kappa shape index (κ2) is 4.86. The minimum Gasteiger partial charge on any atom is -0.375 e. The van der Waals surface area contributed by atoms with Crippen molar-refractivity contribution in [1.82, 2.24) is 15.3 Å². The Balaban J connectivity index is 1.46. The molecule has 0 radical (unpaired) electrons. The van der Waals surface area contributed by atoms with Crippen LogP contribution in [0.5, 0.6) is 0 Å². The van der Waals surface area contributed by atoms with Crippen molar-refractivity contribution in [2.45, 2.75) is 31.3 Å². The van der Waals surface area contributed by atoms with Gasteiger partial charge in [0.05, 0.1) is 12.2 Å². The largest absolute Gasteiger partial charge is 0.375 e. The standard InChI is InChI=1S/C16H21N3O/c1-4-18-15-14(1)8-12(10-19-15)7-13-9-16(20-11-13)2-5-17-6-3-16/h1,4,8,10,13,17H,2-3,5-7,9,11H2,(H,18,19)/t13-/m1/s1. The molecule has 4 rings (SSSR count). The lowest BCUT2D eigenvalue weighted by atomic mass is 9.84. The molecule has 0 amide bonds. The van der Waals surface area contributed by atoms with E-state index >= 15 is 0 Å². The molecular weight excluding hydrogens is 250 g/mol. The van der Waals surface area contributed by atoms with Crippen LogP contribution >= 0.6 is 0 Å². The monoisotopic (exact) mass is 271 g/mol. The number of hydrogen-bond acceptors (Lipinski definition) is 3. The average Bonchev–Trinajstić information content (AvgIpc) is 3.07. The molecule has 106 valence electrons. The van der Waals surface area contributed by atoms with Gasteiger partial charge in [-0.3, -0.25) is 0 Å². The molecule has 0 aromatic carbocycles. The second-order valence-electron chi connectivity index (χ2n) is 6.28. The molecule has 2 N–H and O–H groups in total. The number of nitrogens with one attached hydrogen (secondary N) is 2. The molecule has 1 atom stereocenters. The SMILES string of the molecule is c1cc2cc(C[C@H]3COC4(CCNCC4)C3)cnc2[nH]1. The lowest BCUT2D eigenvalue weighted by molar-refractivity contribution is -0.0196. The van der Waals surface area contributed by atoms with Crippen LogP contribution in [0.25, 0.3) is 11.0 Å². The maximum atomic E-state index is 6.17. The Morgan fingerprint density at radius 2 is 2.25 bits per heavy atom. The van der Waals surface area contributed by atoms with E-state index in [1.54, 1.807) is 0 Å².